The fraction of sp³-hybridized carbons (Fsp3) is 1.00. The number of aliphatic hydroxyl groups excluding tert-OH is 1. The van der Waals surface area contributed by atoms with E-state index in [2.05, 4.69) is 13.8 Å². The van der Waals surface area contributed by atoms with Gasteiger partial charge in [0.2, 0.25) is 0 Å². The summed E-state index contributed by atoms with van der Waals surface area (Å²) in [5.74, 6) is 0. The topological polar surface area (TPSA) is 77.4 Å². The maximum Gasteiger partial charge on any atom is 1.00 e. The van der Waals surface area contributed by atoms with Gasteiger partial charge >= 0.3 is 51.4 Å². The van der Waals surface area contributed by atoms with E-state index in [1.54, 1.807) is 0 Å². The van der Waals surface area contributed by atoms with Gasteiger partial charge in [-0.2, -0.15) is 0 Å². The molecule has 0 aromatic heterocycles. The minimum atomic E-state index is -4.16. The van der Waals surface area contributed by atoms with Crippen molar-refractivity contribution in [3.8, 4) is 0 Å². The van der Waals surface area contributed by atoms with Crippen molar-refractivity contribution in [3.63, 3.8) is 0 Å². The van der Waals surface area contributed by atoms with Crippen LogP contribution in [0, 0.1) is 0 Å². The molecule has 0 aromatic carbocycles. The van der Waals surface area contributed by atoms with Crippen molar-refractivity contribution in [2.24, 2.45) is 0 Å². The summed E-state index contributed by atoms with van der Waals surface area (Å²) < 4.78 is 34.3. The standard InChI is InChI=1S/C21H44O4S.K/c1-3-5-7-9-14-18-21(26(23,24)25)19-15-11-8-10-13-17-20(22)16-12-6-4-2;/h20-22H,3-19H2,1-2H3,(H,23,24,25);/q;+1/p-1. The molecule has 0 rings (SSSR count). The second-order valence-electron chi connectivity index (χ2n) is 7.81. The van der Waals surface area contributed by atoms with Gasteiger partial charge in [-0.3, -0.25) is 0 Å². The van der Waals surface area contributed by atoms with Crippen LogP contribution in [0.15, 0.2) is 0 Å². The monoisotopic (exact) mass is 430 g/mol. The maximum absolute atomic E-state index is 11.4. The Morgan fingerprint density at radius 1 is 0.667 bits per heavy atom. The van der Waals surface area contributed by atoms with Crippen LogP contribution in [0.5, 0.6) is 0 Å². The van der Waals surface area contributed by atoms with Crippen LogP contribution in [-0.4, -0.2) is 29.4 Å². The first kappa shape index (κ1) is 30.7. The third-order valence-electron chi connectivity index (χ3n) is 5.24. The fourth-order valence-corrected chi connectivity index (χ4v) is 4.38. The van der Waals surface area contributed by atoms with Gasteiger partial charge in [0.1, 0.15) is 0 Å². The smallest absolute Gasteiger partial charge is 0.748 e. The van der Waals surface area contributed by atoms with Crippen LogP contribution in [-0.2, 0) is 10.1 Å². The van der Waals surface area contributed by atoms with Crippen molar-refractivity contribution in [2.75, 3.05) is 0 Å². The molecule has 0 aliphatic rings. The zero-order valence-electron chi connectivity index (χ0n) is 18.3. The molecule has 0 heterocycles. The first-order valence-corrected chi connectivity index (χ1v) is 12.5. The molecule has 0 bridgehead atoms. The maximum atomic E-state index is 11.4. The van der Waals surface area contributed by atoms with Gasteiger partial charge in [0, 0.05) is 5.25 Å². The van der Waals surface area contributed by atoms with Crippen LogP contribution in [0.4, 0.5) is 0 Å². The van der Waals surface area contributed by atoms with Gasteiger partial charge in [-0.05, 0) is 25.7 Å². The average molecular weight is 431 g/mol. The quantitative estimate of drug-likeness (QED) is 0.194. The molecule has 6 heteroatoms. The van der Waals surface area contributed by atoms with Crippen molar-refractivity contribution in [2.45, 2.75) is 134 Å². The molecular formula is C21H43KO4S. The van der Waals surface area contributed by atoms with E-state index in [4.69, 9.17) is 0 Å². The zero-order valence-corrected chi connectivity index (χ0v) is 22.2. The summed E-state index contributed by atoms with van der Waals surface area (Å²) in [5.41, 5.74) is 0. The Morgan fingerprint density at radius 3 is 1.44 bits per heavy atom. The van der Waals surface area contributed by atoms with Crippen LogP contribution in [0.3, 0.4) is 0 Å². The van der Waals surface area contributed by atoms with Gasteiger partial charge in [-0.1, -0.05) is 97.3 Å². The van der Waals surface area contributed by atoms with E-state index in [9.17, 15) is 18.1 Å². The SMILES string of the molecule is CCCCCCCC(CCCCCCCC(O)CCCCC)S(=O)(=O)[O-].[K+]. The number of aliphatic hydroxyl groups is 1. The van der Waals surface area contributed by atoms with E-state index < -0.39 is 15.4 Å². The van der Waals surface area contributed by atoms with Gasteiger partial charge in [0.05, 0.1) is 16.2 Å². The zero-order chi connectivity index (χ0) is 19.7. The number of unbranched alkanes of at least 4 members (excludes halogenated alkanes) is 10. The van der Waals surface area contributed by atoms with Crippen molar-refractivity contribution in [3.05, 3.63) is 0 Å². The normalized spacial score (nSPS) is 13.9. The summed E-state index contributed by atoms with van der Waals surface area (Å²) >= 11 is 0. The van der Waals surface area contributed by atoms with Crippen LogP contribution >= 0.6 is 0 Å². The molecule has 2 unspecified atom stereocenters. The van der Waals surface area contributed by atoms with E-state index in [1.165, 1.54) is 25.7 Å². The van der Waals surface area contributed by atoms with Gasteiger partial charge < -0.3 is 9.66 Å². The van der Waals surface area contributed by atoms with Crippen molar-refractivity contribution < 1.29 is 69.5 Å². The van der Waals surface area contributed by atoms with E-state index in [-0.39, 0.29) is 57.5 Å². The predicted molar refractivity (Wildman–Crippen MR) is 109 cm³/mol. The van der Waals surface area contributed by atoms with E-state index in [0.29, 0.717) is 12.8 Å². The molecular weight excluding hydrogens is 387 g/mol. The molecule has 0 saturated carbocycles. The largest absolute Gasteiger partial charge is 1.00 e. The van der Waals surface area contributed by atoms with Gasteiger partial charge in [0.25, 0.3) is 0 Å². The average Bonchev–Trinajstić information content (AvgIpc) is 2.58. The molecule has 2 atom stereocenters. The molecule has 4 nitrogen and oxygen atoms in total. The summed E-state index contributed by atoms with van der Waals surface area (Å²) in [6.45, 7) is 4.32. The first-order valence-electron chi connectivity index (χ1n) is 11.0. The van der Waals surface area contributed by atoms with Gasteiger partial charge in [-0.25, -0.2) is 8.42 Å². The molecule has 0 aliphatic carbocycles. The van der Waals surface area contributed by atoms with E-state index in [0.717, 1.165) is 70.6 Å². The van der Waals surface area contributed by atoms with Crippen LogP contribution in [0.25, 0.3) is 0 Å². The first-order chi connectivity index (χ1) is 12.4. The number of hydrogen-bond acceptors (Lipinski definition) is 4. The fourth-order valence-electron chi connectivity index (χ4n) is 3.47. The van der Waals surface area contributed by atoms with Crippen LogP contribution in [0.2, 0.25) is 0 Å². The molecule has 0 aliphatic heterocycles. The second kappa shape index (κ2) is 20.8. The molecule has 158 valence electrons. The van der Waals surface area contributed by atoms with Crippen molar-refractivity contribution >= 4 is 10.1 Å². The van der Waals surface area contributed by atoms with Gasteiger partial charge in [0.15, 0.2) is 0 Å². The number of hydrogen-bond donors (Lipinski definition) is 1. The predicted octanol–water partition coefficient (Wildman–Crippen LogP) is 2.94. The molecule has 0 amide bonds. The minimum absolute atomic E-state index is 0. The molecule has 0 fully saturated rings. The summed E-state index contributed by atoms with van der Waals surface area (Å²) in [4.78, 5) is 0. The van der Waals surface area contributed by atoms with Crippen molar-refractivity contribution in [1.29, 1.82) is 0 Å². The Balaban J connectivity index is 0. The second-order valence-corrected chi connectivity index (χ2v) is 9.46. The summed E-state index contributed by atoms with van der Waals surface area (Å²) in [7, 11) is -4.16. The minimum Gasteiger partial charge on any atom is -0.748 e. The Bertz CT molecular complexity index is 401. The molecule has 0 spiro atoms. The van der Waals surface area contributed by atoms with Gasteiger partial charge in [-0.15, -0.1) is 0 Å². The Kier molecular flexibility index (Phi) is 23.6. The Morgan fingerprint density at radius 2 is 1.00 bits per heavy atom. The van der Waals surface area contributed by atoms with E-state index in [1.807, 2.05) is 0 Å². The molecule has 0 radical (unpaired) electrons. The van der Waals surface area contributed by atoms with Crippen LogP contribution < -0.4 is 51.4 Å². The molecule has 0 saturated heterocycles. The van der Waals surface area contributed by atoms with Crippen LogP contribution in [0.1, 0.15) is 123 Å². The van der Waals surface area contributed by atoms with Crippen molar-refractivity contribution in [1.82, 2.24) is 0 Å². The molecule has 1 N–H and O–H groups in total. The third kappa shape index (κ3) is 20.6. The molecule has 0 aromatic rings. The molecule has 27 heavy (non-hydrogen) atoms. The van der Waals surface area contributed by atoms with E-state index >= 15 is 0 Å². The number of rotatable bonds is 19. The summed E-state index contributed by atoms with van der Waals surface area (Å²) in [6.07, 6.45) is 16.5. The summed E-state index contributed by atoms with van der Waals surface area (Å²) in [5, 5.41) is 9.19. The Labute approximate surface area is 211 Å². The Hall–Kier alpha value is 1.51. The summed E-state index contributed by atoms with van der Waals surface area (Å²) in [6, 6.07) is 0. The third-order valence-corrected chi connectivity index (χ3v) is 6.53.